The second-order valence-electron chi connectivity index (χ2n) is 9.45. The number of fused-ring (bicyclic) bond motifs is 2. The van der Waals surface area contributed by atoms with Gasteiger partial charge in [0.25, 0.3) is 5.91 Å². The SMILES string of the molecule is CNC1CC2OC3O[C@H](C)CC(NC(=O)CCNC(=O)c4ccccc4)[C@]3(O)OC2C(NC)[C@H]1O. The number of carbonyl (C=O) groups is 2. The first kappa shape index (κ1) is 26.0. The number of benzene rings is 1. The van der Waals surface area contributed by atoms with Crippen LogP contribution >= 0.6 is 0 Å². The van der Waals surface area contributed by atoms with Crippen molar-refractivity contribution in [1.29, 1.82) is 0 Å². The minimum absolute atomic E-state index is 0.0275. The Labute approximate surface area is 204 Å². The van der Waals surface area contributed by atoms with Crippen LogP contribution in [0.1, 0.15) is 36.5 Å². The van der Waals surface area contributed by atoms with Gasteiger partial charge in [0.05, 0.1) is 30.4 Å². The minimum atomic E-state index is -1.93. The minimum Gasteiger partial charge on any atom is -0.390 e. The van der Waals surface area contributed by atoms with E-state index in [4.69, 9.17) is 14.2 Å². The predicted molar refractivity (Wildman–Crippen MR) is 125 cm³/mol. The quantitative estimate of drug-likeness (QED) is 0.277. The lowest BCUT2D eigenvalue weighted by Crippen LogP contribution is -2.76. The summed E-state index contributed by atoms with van der Waals surface area (Å²) in [5.74, 6) is -2.54. The maximum Gasteiger partial charge on any atom is 0.251 e. The van der Waals surface area contributed by atoms with Crippen LogP contribution < -0.4 is 21.3 Å². The standard InChI is InChI=1S/C24H36N4O7/c1-13-11-17(28-18(29)9-10-27-22(31)14-7-5-4-6-8-14)24(32)23(33-13)34-16-12-15(25-2)20(30)19(26-3)21(16)35-24/h4-8,13,15-17,19-21,23,25-26,30,32H,9-12H2,1-3H3,(H,27,31)(H,28,29)/t13-,15?,16?,17?,19?,20+,21?,23?,24+/m1/s1. The maximum atomic E-state index is 12.7. The monoisotopic (exact) mass is 492 g/mol. The molecule has 6 unspecified atom stereocenters. The van der Waals surface area contributed by atoms with Gasteiger partial charge in [-0.1, -0.05) is 18.2 Å². The number of nitrogens with one attached hydrogen (secondary N) is 4. The fourth-order valence-electron chi connectivity index (χ4n) is 5.19. The molecule has 0 spiro atoms. The van der Waals surface area contributed by atoms with E-state index in [-0.39, 0.29) is 36.9 Å². The molecule has 1 aliphatic carbocycles. The van der Waals surface area contributed by atoms with Crippen LogP contribution in [0.5, 0.6) is 0 Å². The second-order valence-corrected chi connectivity index (χ2v) is 9.45. The van der Waals surface area contributed by atoms with E-state index in [9.17, 15) is 19.8 Å². The Hall–Kier alpha value is -2.12. The van der Waals surface area contributed by atoms with Crippen LogP contribution in [0.2, 0.25) is 0 Å². The summed E-state index contributed by atoms with van der Waals surface area (Å²) in [4.78, 5) is 24.9. The van der Waals surface area contributed by atoms with E-state index < -0.39 is 42.5 Å². The summed E-state index contributed by atoms with van der Waals surface area (Å²) in [5.41, 5.74) is 0.514. The van der Waals surface area contributed by atoms with E-state index in [1.807, 2.05) is 13.0 Å². The van der Waals surface area contributed by atoms with Crippen LogP contribution in [0.15, 0.2) is 30.3 Å². The topological polar surface area (TPSA) is 150 Å². The van der Waals surface area contributed by atoms with Gasteiger partial charge in [-0.2, -0.15) is 0 Å². The van der Waals surface area contributed by atoms with Crippen LogP contribution in [0.25, 0.3) is 0 Å². The van der Waals surface area contributed by atoms with Crippen molar-refractivity contribution in [2.45, 2.75) is 80.8 Å². The number of aliphatic hydroxyl groups is 2. The van der Waals surface area contributed by atoms with Gasteiger partial charge in [0.1, 0.15) is 6.10 Å². The molecule has 35 heavy (non-hydrogen) atoms. The highest BCUT2D eigenvalue weighted by molar-refractivity contribution is 5.94. The molecule has 0 aromatic heterocycles. The fourth-order valence-corrected chi connectivity index (χ4v) is 5.19. The summed E-state index contributed by atoms with van der Waals surface area (Å²) in [6.07, 6.45) is -2.42. The van der Waals surface area contributed by atoms with Crippen LogP contribution in [0.4, 0.5) is 0 Å². The number of hydrogen-bond donors (Lipinski definition) is 6. The van der Waals surface area contributed by atoms with Crippen molar-refractivity contribution in [1.82, 2.24) is 21.3 Å². The Kier molecular flexibility index (Phi) is 8.06. The molecular weight excluding hydrogens is 456 g/mol. The Morgan fingerprint density at radius 1 is 1.11 bits per heavy atom. The normalized spacial score (nSPS) is 38.7. The Bertz CT molecular complexity index is 890. The smallest absolute Gasteiger partial charge is 0.251 e. The van der Waals surface area contributed by atoms with Crippen LogP contribution in [-0.4, -0.2) is 97.3 Å². The summed E-state index contributed by atoms with van der Waals surface area (Å²) in [6.45, 7) is 1.98. The zero-order valence-electron chi connectivity index (χ0n) is 20.3. The van der Waals surface area contributed by atoms with Gasteiger partial charge in [0, 0.05) is 24.6 Å². The van der Waals surface area contributed by atoms with Gasteiger partial charge in [-0.3, -0.25) is 9.59 Å². The van der Waals surface area contributed by atoms with Crippen molar-refractivity contribution in [3.63, 3.8) is 0 Å². The molecule has 2 saturated heterocycles. The number of hydrogen-bond acceptors (Lipinski definition) is 9. The molecule has 3 fully saturated rings. The van der Waals surface area contributed by atoms with Gasteiger partial charge < -0.3 is 45.7 Å². The summed E-state index contributed by atoms with van der Waals surface area (Å²) < 4.78 is 18.2. The summed E-state index contributed by atoms with van der Waals surface area (Å²) >= 11 is 0. The number of amides is 2. The lowest BCUT2D eigenvalue weighted by atomic mass is 9.81. The molecule has 2 aliphatic heterocycles. The molecule has 1 aromatic rings. The number of likely N-dealkylation sites (N-methyl/N-ethyl adjacent to an activating group) is 2. The van der Waals surface area contributed by atoms with Crippen LogP contribution in [-0.2, 0) is 19.0 Å². The van der Waals surface area contributed by atoms with Gasteiger partial charge in [0.15, 0.2) is 0 Å². The first-order chi connectivity index (χ1) is 16.8. The van der Waals surface area contributed by atoms with Crippen molar-refractivity contribution in [2.75, 3.05) is 20.6 Å². The first-order valence-electron chi connectivity index (χ1n) is 12.1. The molecule has 2 heterocycles. The summed E-state index contributed by atoms with van der Waals surface area (Å²) in [6, 6.07) is 7.23. The Morgan fingerprint density at radius 3 is 2.54 bits per heavy atom. The van der Waals surface area contributed by atoms with E-state index in [2.05, 4.69) is 21.3 Å². The molecule has 0 radical (unpaired) electrons. The second kappa shape index (κ2) is 10.9. The van der Waals surface area contributed by atoms with Crippen molar-refractivity contribution >= 4 is 11.8 Å². The largest absolute Gasteiger partial charge is 0.390 e. The number of rotatable bonds is 7. The van der Waals surface area contributed by atoms with Crippen molar-refractivity contribution < 1.29 is 34.0 Å². The molecule has 9 atom stereocenters. The highest BCUT2D eigenvalue weighted by Gasteiger charge is 2.61. The molecule has 0 bridgehead atoms. The van der Waals surface area contributed by atoms with Gasteiger partial charge in [-0.25, -0.2) is 0 Å². The van der Waals surface area contributed by atoms with Crippen molar-refractivity contribution in [2.24, 2.45) is 0 Å². The van der Waals surface area contributed by atoms with Gasteiger partial charge in [-0.05, 0) is 46.0 Å². The molecule has 4 rings (SSSR count). The highest BCUT2D eigenvalue weighted by Crippen LogP contribution is 2.41. The van der Waals surface area contributed by atoms with Crippen molar-refractivity contribution in [3.8, 4) is 0 Å². The molecule has 1 saturated carbocycles. The highest BCUT2D eigenvalue weighted by atomic mass is 16.8. The van der Waals surface area contributed by atoms with Gasteiger partial charge in [0.2, 0.25) is 18.0 Å². The number of aliphatic hydroxyl groups excluding tert-OH is 1. The van der Waals surface area contributed by atoms with E-state index >= 15 is 0 Å². The molecular formula is C24H36N4O7. The molecule has 6 N–H and O–H groups in total. The summed E-state index contributed by atoms with van der Waals surface area (Å²) in [5, 5.41) is 34.0. The summed E-state index contributed by atoms with van der Waals surface area (Å²) in [7, 11) is 3.49. The zero-order valence-corrected chi connectivity index (χ0v) is 20.3. The average Bonchev–Trinajstić information content (AvgIpc) is 2.84. The molecule has 11 nitrogen and oxygen atoms in total. The molecule has 3 aliphatic rings. The molecule has 1 aromatic carbocycles. The Balaban J connectivity index is 1.40. The predicted octanol–water partition coefficient (Wildman–Crippen LogP) is -1.16. The van der Waals surface area contributed by atoms with E-state index in [0.29, 0.717) is 18.4 Å². The van der Waals surface area contributed by atoms with Gasteiger partial charge in [-0.15, -0.1) is 0 Å². The third-order valence-electron chi connectivity index (χ3n) is 7.08. The Morgan fingerprint density at radius 2 is 1.86 bits per heavy atom. The molecule has 11 heteroatoms. The van der Waals surface area contributed by atoms with E-state index in [1.165, 1.54) is 0 Å². The van der Waals surface area contributed by atoms with E-state index in [1.54, 1.807) is 38.4 Å². The first-order valence-corrected chi connectivity index (χ1v) is 12.1. The third-order valence-corrected chi connectivity index (χ3v) is 7.08. The van der Waals surface area contributed by atoms with Crippen LogP contribution in [0, 0.1) is 0 Å². The van der Waals surface area contributed by atoms with Gasteiger partial charge >= 0.3 is 0 Å². The zero-order chi connectivity index (χ0) is 25.2. The lowest BCUT2D eigenvalue weighted by Gasteiger charge is -2.56. The number of ether oxygens (including phenoxy) is 3. The maximum absolute atomic E-state index is 12.7. The molecule has 194 valence electrons. The number of carbonyl (C=O) groups excluding carboxylic acids is 2. The van der Waals surface area contributed by atoms with Crippen molar-refractivity contribution in [3.05, 3.63) is 35.9 Å². The molecule has 2 amide bonds. The average molecular weight is 493 g/mol. The van der Waals surface area contributed by atoms with Crippen LogP contribution in [0.3, 0.4) is 0 Å². The fraction of sp³-hybridized carbons (Fsp3) is 0.667. The lowest BCUT2D eigenvalue weighted by molar-refractivity contribution is -0.442. The third kappa shape index (κ3) is 5.36. The van der Waals surface area contributed by atoms with E-state index in [0.717, 1.165) is 0 Å².